The van der Waals surface area contributed by atoms with Crippen molar-refractivity contribution in [1.29, 1.82) is 0 Å². The van der Waals surface area contributed by atoms with Crippen LogP contribution in [0.1, 0.15) is 6.92 Å². The number of amides is 1. The summed E-state index contributed by atoms with van der Waals surface area (Å²) < 4.78 is 5.31. The number of benzene rings is 1. The quantitative estimate of drug-likeness (QED) is 0.376. The molecule has 0 saturated heterocycles. The van der Waals surface area contributed by atoms with E-state index in [1.165, 1.54) is 7.05 Å². The molecule has 0 spiro atoms. The number of thiophene rings is 1. The van der Waals surface area contributed by atoms with Crippen LogP contribution >= 0.6 is 11.3 Å². The zero-order chi connectivity index (χ0) is 15.6. The molecule has 7 nitrogen and oxygen atoms in total. The Morgan fingerprint density at radius 2 is 2.05 bits per heavy atom. The van der Waals surface area contributed by atoms with Gasteiger partial charge in [0.15, 0.2) is 0 Å². The first-order valence-electron chi connectivity index (χ1n) is 6.08. The molecule has 2 rings (SSSR count). The lowest BCUT2D eigenvalue weighted by molar-refractivity contribution is -0.379. The molecule has 0 radical (unpaired) electrons. The van der Waals surface area contributed by atoms with Crippen LogP contribution in [0.5, 0.6) is 0 Å². The molecule has 0 N–H and O–H groups in total. The molecule has 0 unspecified atom stereocenters. The van der Waals surface area contributed by atoms with Gasteiger partial charge in [0.1, 0.15) is 5.69 Å². The number of rotatable bonds is 3. The van der Waals surface area contributed by atoms with Crippen LogP contribution < -0.4 is 4.90 Å². The lowest BCUT2D eigenvalue weighted by atomic mass is 10.2. The number of nitrogens with zero attached hydrogens (tertiary/aromatic N) is 2. The topological polar surface area (TPSA) is 89.8 Å². The fourth-order valence-electron chi connectivity index (χ4n) is 1.90. The van der Waals surface area contributed by atoms with E-state index in [0.29, 0.717) is 10.1 Å². The van der Waals surface area contributed by atoms with Gasteiger partial charge in [0.2, 0.25) is 0 Å². The van der Waals surface area contributed by atoms with Gasteiger partial charge in [0, 0.05) is 17.1 Å². The molecule has 0 aliphatic carbocycles. The minimum Gasteiger partial charge on any atom is -0.459 e. The number of nitro groups is 1. The second-order valence-corrected chi connectivity index (χ2v) is 5.12. The lowest BCUT2D eigenvalue weighted by Gasteiger charge is -2.14. The maximum Gasteiger partial charge on any atom is 0.397 e. The molecule has 8 heteroatoms. The standard InChI is InChI=1S/C13H12N2O5S/c1-3-20-13(17)11(16)14(2)10-8-6-4-5-7-9(8)21-12(10)15(18)19/h4-7H,3H2,1-2H3. The Labute approximate surface area is 123 Å². The van der Waals surface area contributed by atoms with Gasteiger partial charge in [0.25, 0.3) is 0 Å². The molecule has 0 fully saturated rings. The van der Waals surface area contributed by atoms with Crippen molar-refractivity contribution in [2.45, 2.75) is 6.92 Å². The van der Waals surface area contributed by atoms with E-state index in [4.69, 9.17) is 0 Å². The number of hydrogen-bond acceptors (Lipinski definition) is 6. The molecule has 1 aromatic carbocycles. The third-order valence-electron chi connectivity index (χ3n) is 2.81. The number of carbonyl (C=O) groups excluding carboxylic acids is 2. The Morgan fingerprint density at radius 3 is 2.67 bits per heavy atom. The van der Waals surface area contributed by atoms with Crippen molar-refractivity contribution in [3.8, 4) is 0 Å². The summed E-state index contributed by atoms with van der Waals surface area (Å²) in [6.07, 6.45) is 0. The highest BCUT2D eigenvalue weighted by Gasteiger charge is 2.31. The first-order valence-corrected chi connectivity index (χ1v) is 6.89. The summed E-state index contributed by atoms with van der Waals surface area (Å²) in [7, 11) is 1.32. The van der Waals surface area contributed by atoms with Crippen LogP contribution in [0.2, 0.25) is 0 Å². The molecule has 0 aliphatic heterocycles. The van der Waals surface area contributed by atoms with Gasteiger partial charge in [0.05, 0.1) is 11.5 Å². The molecule has 0 aliphatic rings. The molecule has 0 saturated carbocycles. The van der Waals surface area contributed by atoms with Crippen LogP contribution in [0.3, 0.4) is 0 Å². The van der Waals surface area contributed by atoms with Gasteiger partial charge in [-0.15, -0.1) is 0 Å². The zero-order valence-electron chi connectivity index (χ0n) is 11.4. The fraction of sp³-hybridized carbons (Fsp3) is 0.231. The van der Waals surface area contributed by atoms with E-state index in [9.17, 15) is 19.7 Å². The summed E-state index contributed by atoms with van der Waals surface area (Å²) in [6.45, 7) is 1.64. The second-order valence-electron chi connectivity index (χ2n) is 4.09. The highest BCUT2D eigenvalue weighted by Crippen LogP contribution is 2.43. The van der Waals surface area contributed by atoms with Crippen molar-refractivity contribution >= 4 is 44.0 Å². The van der Waals surface area contributed by atoms with Crippen molar-refractivity contribution in [3.05, 3.63) is 34.4 Å². The van der Waals surface area contributed by atoms with Crippen LogP contribution in [0, 0.1) is 10.1 Å². The van der Waals surface area contributed by atoms with E-state index >= 15 is 0 Å². The maximum atomic E-state index is 12.0. The Hall–Kier alpha value is -2.48. The van der Waals surface area contributed by atoms with Crippen molar-refractivity contribution in [3.63, 3.8) is 0 Å². The Bertz CT molecular complexity index is 724. The summed E-state index contributed by atoms with van der Waals surface area (Å²) in [5.74, 6) is -1.98. The van der Waals surface area contributed by atoms with E-state index < -0.39 is 16.8 Å². The number of hydrogen-bond donors (Lipinski definition) is 0. The number of likely N-dealkylation sites (N-methyl/N-ethyl adjacent to an activating group) is 1. The molecule has 1 aromatic heterocycles. The van der Waals surface area contributed by atoms with Gasteiger partial charge in [-0.05, 0) is 13.0 Å². The number of anilines is 1. The SMILES string of the molecule is CCOC(=O)C(=O)N(C)c1c([N+](=O)[O-])sc2ccccc12. The van der Waals surface area contributed by atoms with Gasteiger partial charge in [-0.1, -0.05) is 29.5 Å². The van der Waals surface area contributed by atoms with Crippen molar-refractivity contribution in [2.75, 3.05) is 18.6 Å². The number of fused-ring (bicyclic) bond motifs is 1. The maximum absolute atomic E-state index is 12.0. The van der Waals surface area contributed by atoms with E-state index in [-0.39, 0.29) is 17.3 Å². The zero-order valence-corrected chi connectivity index (χ0v) is 12.2. The molecule has 21 heavy (non-hydrogen) atoms. The third kappa shape index (κ3) is 2.70. The smallest absolute Gasteiger partial charge is 0.397 e. The third-order valence-corrected chi connectivity index (χ3v) is 3.92. The van der Waals surface area contributed by atoms with Gasteiger partial charge >= 0.3 is 16.9 Å². The van der Waals surface area contributed by atoms with Gasteiger partial charge in [-0.25, -0.2) is 4.79 Å². The Morgan fingerprint density at radius 1 is 1.38 bits per heavy atom. The minimum atomic E-state index is -1.04. The molecular weight excluding hydrogens is 296 g/mol. The minimum absolute atomic E-state index is 0.0604. The Kier molecular flexibility index (Phi) is 4.18. The van der Waals surface area contributed by atoms with Crippen LogP contribution in [-0.2, 0) is 14.3 Å². The molecule has 1 amide bonds. The van der Waals surface area contributed by atoms with E-state index in [2.05, 4.69) is 4.74 Å². The highest BCUT2D eigenvalue weighted by molar-refractivity contribution is 7.23. The predicted octanol–water partition coefficient (Wildman–Crippen LogP) is 2.34. The highest BCUT2D eigenvalue weighted by atomic mass is 32.1. The van der Waals surface area contributed by atoms with Crippen LogP contribution in [0.15, 0.2) is 24.3 Å². The van der Waals surface area contributed by atoms with Gasteiger partial charge in [-0.2, -0.15) is 0 Å². The van der Waals surface area contributed by atoms with Crippen molar-refractivity contribution in [2.24, 2.45) is 0 Å². The van der Waals surface area contributed by atoms with Crippen LogP contribution in [-0.4, -0.2) is 30.5 Å². The van der Waals surface area contributed by atoms with Crippen molar-refractivity contribution in [1.82, 2.24) is 0 Å². The van der Waals surface area contributed by atoms with E-state index in [0.717, 1.165) is 16.2 Å². The summed E-state index contributed by atoms with van der Waals surface area (Å²) in [5.41, 5.74) is 0.110. The first kappa shape index (κ1) is 14.9. The molecule has 0 bridgehead atoms. The largest absolute Gasteiger partial charge is 0.459 e. The second kappa shape index (κ2) is 5.88. The van der Waals surface area contributed by atoms with E-state index in [1.54, 1.807) is 31.2 Å². The molecule has 0 atom stereocenters. The van der Waals surface area contributed by atoms with E-state index in [1.807, 2.05) is 0 Å². The fourth-order valence-corrected chi connectivity index (χ4v) is 2.95. The van der Waals surface area contributed by atoms with Crippen molar-refractivity contribution < 1.29 is 19.2 Å². The van der Waals surface area contributed by atoms with Crippen LogP contribution in [0.4, 0.5) is 10.7 Å². The van der Waals surface area contributed by atoms with Crippen LogP contribution in [0.25, 0.3) is 10.1 Å². The monoisotopic (exact) mass is 308 g/mol. The summed E-state index contributed by atoms with van der Waals surface area (Å²) in [5, 5.41) is 11.5. The van der Waals surface area contributed by atoms with Gasteiger partial charge < -0.3 is 4.74 Å². The number of ether oxygens (including phenoxy) is 1. The Balaban J connectivity index is 2.53. The molecular formula is C13H12N2O5S. The lowest BCUT2D eigenvalue weighted by Crippen LogP contribution is -2.34. The average Bonchev–Trinajstić information content (AvgIpc) is 2.85. The number of carbonyl (C=O) groups is 2. The molecule has 110 valence electrons. The van der Waals surface area contributed by atoms with Gasteiger partial charge in [-0.3, -0.25) is 19.8 Å². The number of esters is 1. The normalized spacial score (nSPS) is 10.4. The average molecular weight is 308 g/mol. The predicted molar refractivity (Wildman–Crippen MR) is 78.5 cm³/mol. The summed E-state index contributed by atoms with van der Waals surface area (Å²) in [4.78, 5) is 35.1. The molecule has 2 aromatic rings. The summed E-state index contributed by atoms with van der Waals surface area (Å²) in [6, 6.07) is 6.85. The molecule has 1 heterocycles. The summed E-state index contributed by atoms with van der Waals surface area (Å²) >= 11 is 0.958. The first-order chi connectivity index (χ1) is 9.97.